The highest BCUT2D eigenvalue weighted by Gasteiger charge is 2.20. The predicted octanol–water partition coefficient (Wildman–Crippen LogP) is 3.97. The van der Waals surface area contributed by atoms with Crippen molar-refractivity contribution in [1.82, 2.24) is 10.5 Å². The summed E-state index contributed by atoms with van der Waals surface area (Å²) in [5.41, 5.74) is 5.18. The number of rotatable bonds is 6. The Hall–Kier alpha value is -3.05. The Bertz CT molecular complexity index is 836. The van der Waals surface area contributed by atoms with Crippen LogP contribution in [0.25, 0.3) is 0 Å². The number of aliphatic imine (C=N–C) groups is 1. The number of halogens is 1. The molecule has 5 heteroatoms. The molecule has 0 aliphatic heterocycles. The Morgan fingerprint density at radius 1 is 0.962 bits per heavy atom. The summed E-state index contributed by atoms with van der Waals surface area (Å²) in [4.78, 5) is 8.56. The molecule has 0 aliphatic rings. The SMILES string of the molecule is ONC(=NCCc1ccncc1)[C@@H](c1ccccc1)c1ccc(F)cc1. The van der Waals surface area contributed by atoms with Crippen molar-refractivity contribution in [1.29, 1.82) is 0 Å². The Labute approximate surface area is 152 Å². The number of benzene rings is 2. The zero-order valence-corrected chi connectivity index (χ0v) is 14.2. The van der Waals surface area contributed by atoms with Crippen molar-refractivity contribution in [2.75, 3.05) is 6.54 Å². The Balaban J connectivity index is 1.88. The lowest BCUT2D eigenvalue weighted by Gasteiger charge is -2.20. The van der Waals surface area contributed by atoms with Crippen LogP contribution >= 0.6 is 0 Å². The van der Waals surface area contributed by atoms with E-state index in [9.17, 15) is 9.60 Å². The van der Waals surface area contributed by atoms with Gasteiger partial charge in [-0.25, -0.2) is 4.39 Å². The number of aromatic nitrogens is 1. The van der Waals surface area contributed by atoms with Gasteiger partial charge in [0.2, 0.25) is 0 Å². The molecule has 0 saturated heterocycles. The molecule has 0 unspecified atom stereocenters. The van der Waals surface area contributed by atoms with Gasteiger partial charge in [0.05, 0.1) is 5.92 Å². The van der Waals surface area contributed by atoms with Gasteiger partial charge >= 0.3 is 0 Å². The summed E-state index contributed by atoms with van der Waals surface area (Å²) in [5, 5.41) is 9.71. The molecule has 1 atom stereocenters. The summed E-state index contributed by atoms with van der Waals surface area (Å²) in [6, 6.07) is 19.8. The number of pyridine rings is 1. The first-order valence-corrected chi connectivity index (χ1v) is 8.41. The van der Waals surface area contributed by atoms with Crippen LogP contribution in [-0.4, -0.2) is 22.6 Å². The van der Waals surface area contributed by atoms with E-state index in [4.69, 9.17) is 0 Å². The Morgan fingerprint density at radius 3 is 2.27 bits per heavy atom. The second-order valence-electron chi connectivity index (χ2n) is 5.88. The highest BCUT2D eigenvalue weighted by Crippen LogP contribution is 2.26. The van der Waals surface area contributed by atoms with E-state index < -0.39 is 0 Å². The van der Waals surface area contributed by atoms with Crippen molar-refractivity contribution in [2.24, 2.45) is 4.99 Å². The second kappa shape index (κ2) is 8.87. The number of amidine groups is 1. The van der Waals surface area contributed by atoms with Crippen LogP contribution in [0.2, 0.25) is 0 Å². The minimum Gasteiger partial charge on any atom is -0.290 e. The van der Waals surface area contributed by atoms with Gasteiger partial charge in [-0.1, -0.05) is 42.5 Å². The molecule has 0 amide bonds. The van der Waals surface area contributed by atoms with Crippen molar-refractivity contribution in [3.8, 4) is 0 Å². The average Bonchev–Trinajstić information content (AvgIpc) is 2.70. The smallest absolute Gasteiger partial charge is 0.132 e. The first kappa shape index (κ1) is 17.8. The fourth-order valence-corrected chi connectivity index (χ4v) is 2.86. The van der Waals surface area contributed by atoms with Crippen molar-refractivity contribution in [3.63, 3.8) is 0 Å². The molecular weight excluding hydrogens is 329 g/mol. The maximum atomic E-state index is 13.3. The minimum atomic E-state index is -0.306. The van der Waals surface area contributed by atoms with Crippen LogP contribution < -0.4 is 5.48 Å². The van der Waals surface area contributed by atoms with E-state index in [0.29, 0.717) is 12.4 Å². The van der Waals surface area contributed by atoms with Crippen LogP contribution in [0, 0.1) is 5.82 Å². The van der Waals surface area contributed by atoms with Gasteiger partial charge in [0.15, 0.2) is 0 Å². The summed E-state index contributed by atoms with van der Waals surface area (Å²) >= 11 is 0. The molecule has 0 radical (unpaired) electrons. The first-order valence-electron chi connectivity index (χ1n) is 8.41. The zero-order valence-electron chi connectivity index (χ0n) is 14.2. The fourth-order valence-electron chi connectivity index (χ4n) is 2.86. The van der Waals surface area contributed by atoms with E-state index >= 15 is 0 Å². The second-order valence-corrected chi connectivity index (χ2v) is 5.88. The number of hydroxylamine groups is 1. The number of nitrogens with zero attached hydrogens (tertiary/aromatic N) is 2. The van der Waals surface area contributed by atoms with Crippen molar-refractivity contribution in [3.05, 3.63) is 102 Å². The van der Waals surface area contributed by atoms with Crippen LogP contribution in [0.1, 0.15) is 22.6 Å². The third kappa shape index (κ3) is 4.52. The third-order valence-electron chi connectivity index (χ3n) is 4.16. The van der Waals surface area contributed by atoms with Gasteiger partial charge in [0.25, 0.3) is 0 Å². The van der Waals surface area contributed by atoms with Gasteiger partial charge in [-0.3, -0.25) is 20.7 Å². The van der Waals surface area contributed by atoms with E-state index in [-0.39, 0.29) is 11.7 Å². The van der Waals surface area contributed by atoms with Gasteiger partial charge in [0, 0.05) is 18.9 Å². The molecule has 26 heavy (non-hydrogen) atoms. The van der Waals surface area contributed by atoms with Crippen molar-refractivity contribution < 1.29 is 9.60 Å². The molecule has 3 rings (SSSR count). The molecule has 132 valence electrons. The molecule has 1 heterocycles. The largest absolute Gasteiger partial charge is 0.290 e. The Morgan fingerprint density at radius 2 is 1.62 bits per heavy atom. The van der Waals surface area contributed by atoms with Crippen LogP contribution in [0.5, 0.6) is 0 Å². The van der Waals surface area contributed by atoms with E-state index in [1.807, 2.05) is 42.5 Å². The van der Waals surface area contributed by atoms with Gasteiger partial charge < -0.3 is 0 Å². The number of hydrogen-bond acceptors (Lipinski definition) is 3. The zero-order chi connectivity index (χ0) is 18.2. The summed E-state index contributed by atoms with van der Waals surface area (Å²) in [6.45, 7) is 0.511. The van der Waals surface area contributed by atoms with Gasteiger partial charge in [-0.05, 0) is 47.4 Å². The maximum Gasteiger partial charge on any atom is 0.132 e. The molecule has 2 N–H and O–H groups in total. The van der Waals surface area contributed by atoms with E-state index in [2.05, 4.69) is 15.5 Å². The first-order chi connectivity index (χ1) is 12.8. The van der Waals surface area contributed by atoms with Crippen LogP contribution in [0.3, 0.4) is 0 Å². The lowest BCUT2D eigenvalue weighted by atomic mass is 9.90. The number of hydrogen-bond donors (Lipinski definition) is 2. The average molecular weight is 349 g/mol. The minimum absolute atomic E-state index is 0.298. The molecule has 0 aliphatic carbocycles. The normalized spacial score (nSPS) is 12.6. The topological polar surface area (TPSA) is 57.5 Å². The molecule has 4 nitrogen and oxygen atoms in total. The summed E-state index contributed by atoms with van der Waals surface area (Å²) < 4.78 is 13.3. The molecule has 0 saturated carbocycles. The fraction of sp³-hybridized carbons (Fsp3) is 0.143. The van der Waals surface area contributed by atoms with Crippen molar-refractivity contribution >= 4 is 5.84 Å². The van der Waals surface area contributed by atoms with E-state index in [1.54, 1.807) is 24.5 Å². The highest BCUT2D eigenvalue weighted by molar-refractivity contribution is 5.91. The Kier molecular flexibility index (Phi) is 6.06. The van der Waals surface area contributed by atoms with Gasteiger partial charge in [0.1, 0.15) is 11.7 Å². The lowest BCUT2D eigenvalue weighted by Crippen LogP contribution is -2.28. The predicted molar refractivity (Wildman–Crippen MR) is 99.9 cm³/mol. The molecule has 3 aromatic rings. The molecular formula is C21H20FN3O. The quantitative estimate of drug-likeness (QED) is 0.402. The van der Waals surface area contributed by atoms with E-state index in [0.717, 1.165) is 23.1 Å². The molecule has 1 aromatic heterocycles. The number of nitrogens with one attached hydrogen (secondary N) is 1. The standard InChI is InChI=1S/C21H20FN3O/c22-19-8-6-18(7-9-19)20(17-4-2-1-3-5-17)21(25-26)24-15-12-16-10-13-23-14-11-16/h1-11,13-14,20,26H,12,15H2,(H,24,25)/t20-/m0/s1. The summed E-state index contributed by atoms with van der Waals surface area (Å²) in [7, 11) is 0. The molecule has 0 fully saturated rings. The van der Waals surface area contributed by atoms with Gasteiger partial charge in [-0.15, -0.1) is 0 Å². The lowest BCUT2D eigenvalue weighted by molar-refractivity contribution is 0.230. The van der Waals surface area contributed by atoms with E-state index in [1.165, 1.54) is 12.1 Å². The van der Waals surface area contributed by atoms with Crippen LogP contribution in [-0.2, 0) is 6.42 Å². The summed E-state index contributed by atoms with van der Waals surface area (Å²) in [5.74, 6) is -0.176. The highest BCUT2D eigenvalue weighted by atomic mass is 19.1. The molecule has 0 spiro atoms. The molecule has 0 bridgehead atoms. The van der Waals surface area contributed by atoms with Gasteiger partial charge in [-0.2, -0.15) is 0 Å². The van der Waals surface area contributed by atoms with Crippen LogP contribution in [0.4, 0.5) is 4.39 Å². The maximum absolute atomic E-state index is 13.3. The third-order valence-corrected chi connectivity index (χ3v) is 4.16. The monoisotopic (exact) mass is 349 g/mol. The summed E-state index contributed by atoms with van der Waals surface area (Å²) in [6.07, 6.45) is 4.23. The van der Waals surface area contributed by atoms with Crippen molar-refractivity contribution in [2.45, 2.75) is 12.3 Å². The van der Waals surface area contributed by atoms with Crippen LogP contribution in [0.15, 0.2) is 84.1 Å². The molecule has 2 aromatic carbocycles.